The Morgan fingerprint density at radius 1 is 1.52 bits per heavy atom. The lowest BCUT2D eigenvalue weighted by Gasteiger charge is -2.17. The monoisotopic (exact) mass is 315 g/mol. The molecular formula is C12H14FN3O4S. The molecule has 1 aromatic rings. The first-order valence-corrected chi connectivity index (χ1v) is 7.24. The third-order valence-electron chi connectivity index (χ3n) is 2.60. The summed E-state index contributed by atoms with van der Waals surface area (Å²) in [6.45, 7) is -0.0751. The van der Waals surface area contributed by atoms with E-state index in [0.29, 0.717) is 0 Å². The Labute approximate surface area is 122 Å². The molecule has 0 radical (unpaired) electrons. The second-order valence-corrected chi connectivity index (χ2v) is 5.84. The van der Waals surface area contributed by atoms with Gasteiger partial charge in [0.1, 0.15) is 11.9 Å². The first-order valence-electron chi connectivity index (χ1n) is 5.80. The molecule has 0 spiro atoms. The normalized spacial score (nSPS) is 11.0. The summed E-state index contributed by atoms with van der Waals surface area (Å²) in [6.07, 6.45) is -0.0965. The number of hydrogen-bond acceptors (Lipinski definition) is 5. The third kappa shape index (κ3) is 4.70. The standard InChI is InChI=1S/C12H14FN3O4S/c1-16(6-5-12(17)20-2)21(18,19)15-10-3-4-11(13)9(7-10)8-14/h3-4,7,15H,5-6H2,1-2H3. The fourth-order valence-electron chi connectivity index (χ4n) is 1.37. The Balaban J connectivity index is 2.80. The molecule has 1 aromatic carbocycles. The van der Waals surface area contributed by atoms with Crippen molar-refractivity contribution < 1.29 is 22.3 Å². The lowest BCUT2D eigenvalue weighted by atomic mass is 10.2. The fraction of sp³-hybridized carbons (Fsp3) is 0.333. The highest BCUT2D eigenvalue weighted by atomic mass is 32.2. The van der Waals surface area contributed by atoms with E-state index < -0.39 is 22.0 Å². The number of nitriles is 1. The van der Waals surface area contributed by atoms with Gasteiger partial charge in [-0.2, -0.15) is 18.0 Å². The molecular weight excluding hydrogens is 301 g/mol. The number of halogens is 1. The molecule has 0 amide bonds. The molecule has 0 saturated heterocycles. The highest BCUT2D eigenvalue weighted by Crippen LogP contribution is 2.16. The zero-order valence-electron chi connectivity index (χ0n) is 11.5. The van der Waals surface area contributed by atoms with Gasteiger partial charge < -0.3 is 4.74 Å². The number of benzene rings is 1. The summed E-state index contributed by atoms with van der Waals surface area (Å²) >= 11 is 0. The quantitative estimate of drug-likeness (QED) is 0.784. The van der Waals surface area contributed by atoms with Crippen LogP contribution in [0, 0.1) is 17.1 Å². The molecule has 114 valence electrons. The maximum atomic E-state index is 13.1. The third-order valence-corrected chi connectivity index (χ3v) is 4.10. The molecule has 0 aliphatic carbocycles. The molecule has 7 nitrogen and oxygen atoms in total. The second-order valence-electron chi connectivity index (χ2n) is 4.06. The molecule has 0 bridgehead atoms. The molecule has 0 unspecified atom stereocenters. The minimum Gasteiger partial charge on any atom is -0.469 e. The van der Waals surface area contributed by atoms with Crippen LogP contribution in [0.2, 0.25) is 0 Å². The van der Waals surface area contributed by atoms with Gasteiger partial charge in [-0.25, -0.2) is 4.39 Å². The summed E-state index contributed by atoms with van der Waals surface area (Å²) in [5.41, 5.74) is -0.217. The van der Waals surface area contributed by atoms with E-state index >= 15 is 0 Å². The number of anilines is 1. The van der Waals surface area contributed by atoms with Crippen LogP contribution in [0.1, 0.15) is 12.0 Å². The topological polar surface area (TPSA) is 99.5 Å². The highest BCUT2D eigenvalue weighted by molar-refractivity contribution is 7.90. The van der Waals surface area contributed by atoms with Gasteiger partial charge in [0.05, 0.1) is 24.8 Å². The van der Waals surface area contributed by atoms with Crippen LogP contribution in [0.3, 0.4) is 0 Å². The molecule has 0 saturated carbocycles. The van der Waals surface area contributed by atoms with Gasteiger partial charge in [-0.05, 0) is 18.2 Å². The van der Waals surface area contributed by atoms with Gasteiger partial charge in [-0.15, -0.1) is 0 Å². The van der Waals surface area contributed by atoms with Crippen LogP contribution in [0.4, 0.5) is 10.1 Å². The van der Waals surface area contributed by atoms with Crippen LogP contribution in [0.25, 0.3) is 0 Å². The number of nitrogens with zero attached hydrogens (tertiary/aromatic N) is 2. The molecule has 21 heavy (non-hydrogen) atoms. The van der Waals surface area contributed by atoms with Crippen molar-refractivity contribution in [3.05, 3.63) is 29.6 Å². The van der Waals surface area contributed by atoms with Crippen LogP contribution in [0.15, 0.2) is 18.2 Å². The Hall–Kier alpha value is -2.18. The van der Waals surface area contributed by atoms with E-state index in [1.54, 1.807) is 6.07 Å². The van der Waals surface area contributed by atoms with Crippen molar-refractivity contribution in [2.45, 2.75) is 6.42 Å². The molecule has 1 N–H and O–H groups in total. The van der Waals surface area contributed by atoms with E-state index in [2.05, 4.69) is 9.46 Å². The first-order chi connectivity index (χ1) is 9.80. The predicted octanol–water partition coefficient (Wildman–Crippen LogP) is 0.849. The van der Waals surface area contributed by atoms with Crippen LogP contribution in [-0.4, -0.2) is 39.4 Å². The summed E-state index contributed by atoms with van der Waals surface area (Å²) in [4.78, 5) is 11.0. The lowest BCUT2D eigenvalue weighted by Crippen LogP contribution is -2.34. The van der Waals surface area contributed by atoms with Crippen LogP contribution < -0.4 is 4.72 Å². The number of hydrogen-bond donors (Lipinski definition) is 1. The molecule has 0 aliphatic rings. The molecule has 0 aromatic heterocycles. The van der Waals surface area contributed by atoms with Gasteiger partial charge >= 0.3 is 16.2 Å². The molecule has 9 heteroatoms. The van der Waals surface area contributed by atoms with Crippen molar-refractivity contribution in [2.24, 2.45) is 0 Å². The Kier molecular flexibility index (Phi) is 5.63. The van der Waals surface area contributed by atoms with Gasteiger partial charge in [-0.1, -0.05) is 0 Å². The summed E-state index contributed by atoms with van der Waals surface area (Å²) in [7, 11) is -1.43. The number of ether oxygens (including phenoxy) is 1. The zero-order valence-corrected chi connectivity index (χ0v) is 12.3. The highest BCUT2D eigenvalue weighted by Gasteiger charge is 2.19. The molecule has 1 rings (SSSR count). The predicted molar refractivity (Wildman–Crippen MR) is 72.9 cm³/mol. The van der Waals surface area contributed by atoms with Crippen LogP contribution >= 0.6 is 0 Å². The number of rotatable bonds is 6. The lowest BCUT2D eigenvalue weighted by molar-refractivity contribution is -0.140. The minimum absolute atomic E-state index is 0.0536. The van der Waals surface area contributed by atoms with E-state index in [1.807, 2.05) is 0 Å². The van der Waals surface area contributed by atoms with Crippen molar-refractivity contribution in [3.8, 4) is 6.07 Å². The number of esters is 1. The van der Waals surface area contributed by atoms with Crippen molar-refractivity contribution in [1.29, 1.82) is 5.26 Å². The Morgan fingerprint density at radius 2 is 2.19 bits per heavy atom. The van der Waals surface area contributed by atoms with Crippen LogP contribution in [0.5, 0.6) is 0 Å². The van der Waals surface area contributed by atoms with Crippen molar-refractivity contribution in [1.82, 2.24) is 4.31 Å². The van der Waals surface area contributed by atoms with Gasteiger partial charge in [0.15, 0.2) is 0 Å². The molecule has 0 heterocycles. The van der Waals surface area contributed by atoms with E-state index in [1.165, 1.54) is 20.2 Å². The number of methoxy groups -OCH3 is 1. The summed E-state index contributed by atoms with van der Waals surface area (Å²) in [6, 6.07) is 4.89. The Morgan fingerprint density at radius 3 is 2.76 bits per heavy atom. The number of carbonyl (C=O) groups excluding carboxylic acids is 1. The molecule has 0 fully saturated rings. The molecule has 0 aliphatic heterocycles. The zero-order chi connectivity index (χ0) is 16.0. The average molecular weight is 315 g/mol. The summed E-state index contributed by atoms with van der Waals surface area (Å²) in [5.74, 6) is -1.27. The van der Waals surface area contributed by atoms with Crippen molar-refractivity contribution >= 4 is 21.9 Å². The average Bonchev–Trinajstić information content (AvgIpc) is 2.45. The van der Waals surface area contributed by atoms with E-state index in [9.17, 15) is 17.6 Å². The minimum atomic E-state index is -3.91. The second kappa shape index (κ2) is 7.01. The Bertz CT molecular complexity index is 670. The van der Waals surface area contributed by atoms with Crippen molar-refractivity contribution in [3.63, 3.8) is 0 Å². The SMILES string of the molecule is COC(=O)CCN(C)S(=O)(=O)Nc1ccc(F)c(C#N)c1. The summed E-state index contributed by atoms with van der Waals surface area (Å²) in [5, 5.41) is 8.69. The van der Waals surface area contributed by atoms with E-state index in [4.69, 9.17) is 5.26 Å². The fourth-order valence-corrected chi connectivity index (χ4v) is 2.28. The number of nitrogens with one attached hydrogen (secondary N) is 1. The maximum Gasteiger partial charge on any atom is 0.306 e. The largest absolute Gasteiger partial charge is 0.469 e. The van der Waals surface area contributed by atoms with Gasteiger partial charge in [0.2, 0.25) is 0 Å². The van der Waals surface area contributed by atoms with E-state index in [-0.39, 0.29) is 24.2 Å². The number of carbonyl (C=O) groups is 1. The van der Waals surface area contributed by atoms with E-state index in [0.717, 1.165) is 16.4 Å². The van der Waals surface area contributed by atoms with Crippen molar-refractivity contribution in [2.75, 3.05) is 25.4 Å². The summed E-state index contributed by atoms with van der Waals surface area (Å²) < 4.78 is 44.6. The van der Waals surface area contributed by atoms with Gasteiger partial charge in [-0.3, -0.25) is 9.52 Å². The smallest absolute Gasteiger partial charge is 0.306 e. The maximum absolute atomic E-state index is 13.1. The van der Waals surface area contributed by atoms with Gasteiger partial charge in [0, 0.05) is 13.6 Å². The molecule has 0 atom stereocenters. The van der Waals surface area contributed by atoms with Crippen LogP contribution in [-0.2, 0) is 19.7 Å². The first kappa shape index (κ1) is 16.9. The van der Waals surface area contributed by atoms with Gasteiger partial charge in [0.25, 0.3) is 0 Å².